The van der Waals surface area contributed by atoms with E-state index in [9.17, 15) is 0 Å². The summed E-state index contributed by atoms with van der Waals surface area (Å²) in [6.07, 6.45) is 1.80. The van der Waals surface area contributed by atoms with E-state index in [4.69, 9.17) is 0 Å². The molecule has 6 rings (SSSR count). The lowest BCUT2D eigenvalue weighted by molar-refractivity contribution is 0.960. The van der Waals surface area contributed by atoms with Gasteiger partial charge >= 0.3 is 0 Å². The highest BCUT2D eigenvalue weighted by Gasteiger charge is 2.19. The minimum Gasteiger partial charge on any atom is -0.309 e. The molecule has 1 aromatic heterocycles. The summed E-state index contributed by atoms with van der Waals surface area (Å²) in [5, 5.41) is 2.46. The second-order valence-electron chi connectivity index (χ2n) is 9.58. The lowest BCUT2D eigenvalue weighted by atomic mass is 9.99. The van der Waals surface area contributed by atoms with Gasteiger partial charge in [0.15, 0.2) is 0 Å². The first kappa shape index (κ1) is 23.6. The van der Waals surface area contributed by atoms with Gasteiger partial charge in [-0.25, -0.2) is 0 Å². The standard InChI is InChI=1S/C35H29N3/c1-36-24-26-13-17-29(18-14-26)38-34-22-16-28(27-11-7-4-8-12-27)23-32(34)30-20-21-33(37-2)31(35(30)38)19-15-25-9-5-3-6-10-25/h3-14,16-18,20-23H,1-2,15,19,24H2. The van der Waals surface area contributed by atoms with Crippen LogP contribution in [0.15, 0.2) is 125 Å². The van der Waals surface area contributed by atoms with Crippen LogP contribution in [-0.4, -0.2) is 18.0 Å². The molecule has 184 valence electrons. The molecule has 0 saturated carbocycles. The first-order valence-corrected chi connectivity index (χ1v) is 12.9. The van der Waals surface area contributed by atoms with Gasteiger partial charge in [-0.15, -0.1) is 0 Å². The van der Waals surface area contributed by atoms with Gasteiger partial charge < -0.3 is 4.57 Å². The zero-order chi connectivity index (χ0) is 25.9. The molecule has 38 heavy (non-hydrogen) atoms. The van der Waals surface area contributed by atoms with E-state index in [1.54, 1.807) is 0 Å². The monoisotopic (exact) mass is 491 g/mol. The van der Waals surface area contributed by atoms with E-state index in [-0.39, 0.29) is 0 Å². The van der Waals surface area contributed by atoms with Crippen molar-refractivity contribution in [2.24, 2.45) is 9.98 Å². The summed E-state index contributed by atoms with van der Waals surface area (Å²) in [5.41, 5.74) is 10.5. The van der Waals surface area contributed by atoms with Gasteiger partial charge in [-0.1, -0.05) is 84.9 Å². The number of rotatable bonds is 8. The summed E-state index contributed by atoms with van der Waals surface area (Å²) in [4.78, 5) is 8.51. The Labute approximate surface area is 223 Å². The van der Waals surface area contributed by atoms with Crippen LogP contribution in [0.4, 0.5) is 5.69 Å². The molecule has 0 spiro atoms. The molecule has 6 aromatic rings. The summed E-state index contributed by atoms with van der Waals surface area (Å²) >= 11 is 0. The third-order valence-electron chi connectivity index (χ3n) is 7.28. The van der Waals surface area contributed by atoms with E-state index in [0.717, 1.165) is 29.8 Å². The Morgan fingerprint density at radius 2 is 1.34 bits per heavy atom. The van der Waals surface area contributed by atoms with Crippen molar-refractivity contribution < 1.29 is 0 Å². The molecule has 3 heteroatoms. The van der Waals surface area contributed by atoms with Crippen LogP contribution in [0, 0.1) is 0 Å². The van der Waals surface area contributed by atoms with Crippen molar-refractivity contribution in [3.63, 3.8) is 0 Å². The average molecular weight is 492 g/mol. The van der Waals surface area contributed by atoms with E-state index >= 15 is 0 Å². The minimum absolute atomic E-state index is 0.612. The van der Waals surface area contributed by atoms with Crippen molar-refractivity contribution in [1.29, 1.82) is 0 Å². The normalized spacial score (nSPS) is 11.2. The van der Waals surface area contributed by atoms with Gasteiger partial charge in [-0.3, -0.25) is 9.98 Å². The van der Waals surface area contributed by atoms with Gasteiger partial charge in [0.1, 0.15) is 0 Å². The fourth-order valence-corrected chi connectivity index (χ4v) is 5.43. The van der Waals surface area contributed by atoms with Crippen molar-refractivity contribution in [3.05, 3.63) is 132 Å². The van der Waals surface area contributed by atoms with Gasteiger partial charge in [0, 0.05) is 22.0 Å². The molecular formula is C35H29N3. The third-order valence-corrected chi connectivity index (χ3v) is 7.28. The second-order valence-corrected chi connectivity index (χ2v) is 9.58. The van der Waals surface area contributed by atoms with E-state index < -0.39 is 0 Å². The lowest BCUT2D eigenvalue weighted by Crippen LogP contribution is -2.00. The van der Waals surface area contributed by atoms with Crippen LogP contribution in [0.5, 0.6) is 0 Å². The number of aromatic nitrogens is 1. The van der Waals surface area contributed by atoms with E-state index in [1.165, 1.54) is 44.1 Å². The molecular weight excluding hydrogens is 462 g/mol. The highest BCUT2D eigenvalue weighted by molar-refractivity contribution is 6.12. The molecule has 0 unspecified atom stereocenters. The van der Waals surface area contributed by atoms with Crippen molar-refractivity contribution in [2.45, 2.75) is 19.4 Å². The Kier molecular flexibility index (Phi) is 6.41. The van der Waals surface area contributed by atoms with E-state index in [0.29, 0.717) is 6.54 Å². The fraction of sp³-hybridized carbons (Fsp3) is 0.0857. The Balaban J connectivity index is 1.61. The molecule has 0 aliphatic heterocycles. The predicted molar refractivity (Wildman–Crippen MR) is 163 cm³/mol. The number of nitrogens with zero attached hydrogens (tertiary/aromatic N) is 3. The third kappa shape index (κ3) is 4.33. The summed E-state index contributed by atoms with van der Waals surface area (Å²) in [6, 6.07) is 41.0. The smallest absolute Gasteiger partial charge is 0.0675 e. The van der Waals surface area contributed by atoms with Gasteiger partial charge in [0.25, 0.3) is 0 Å². The summed E-state index contributed by atoms with van der Waals surface area (Å²) < 4.78 is 2.39. The summed E-state index contributed by atoms with van der Waals surface area (Å²) in [7, 11) is 0. The summed E-state index contributed by atoms with van der Waals surface area (Å²) in [5.74, 6) is 0. The maximum atomic E-state index is 4.46. The van der Waals surface area contributed by atoms with Crippen LogP contribution in [0.1, 0.15) is 16.7 Å². The fourth-order valence-electron chi connectivity index (χ4n) is 5.43. The van der Waals surface area contributed by atoms with Crippen molar-refractivity contribution in [1.82, 2.24) is 4.57 Å². The first-order chi connectivity index (χ1) is 18.8. The lowest BCUT2D eigenvalue weighted by Gasteiger charge is -2.14. The number of aliphatic imine (C=N–C) groups is 2. The van der Waals surface area contributed by atoms with Crippen LogP contribution >= 0.6 is 0 Å². The molecule has 0 aliphatic carbocycles. The van der Waals surface area contributed by atoms with Crippen LogP contribution < -0.4 is 0 Å². The van der Waals surface area contributed by atoms with Crippen molar-refractivity contribution in [3.8, 4) is 16.8 Å². The molecule has 0 atom stereocenters. The average Bonchev–Trinajstić information content (AvgIpc) is 3.31. The topological polar surface area (TPSA) is 29.6 Å². The van der Waals surface area contributed by atoms with E-state index in [1.807, 2.05) is 0 Å². The minimum atomic E-state index is 0.612. The van der Waals surface area contributed by atoms with Gasteiger partial charge in [-0.2, -0.15) is 0 Å². The Bertz CT molecular complexity index is 1750. The molecule has 0 saturated heterocycles. The number of hydrogen-bond donors (Lipinski definition) is 0. The summed E-state index contributed by atoms with van der Waals surface area (Å²) in [6.45, 7) is 8.18. The molecule has 0 fully saturated rings. The quantitative estimate of drug-likeness (QED) is 0.191. The van der Waals surface area contributed by atoms with Crippen LogP contribution in [0.2, 0.25) is 0 Å². The van der Waals surface area contributed by atoms with Crippen LogP contribution in [0.25, 0.3) is 38.6 Å². The Morgan fingerprint density at radius 3 is 2.05 bits per heavy atom. The van der Waals surface area contributed by atoms with Crippen molar-refractivity contribution >= 4 is 40.9 Å². The van der Waals surface area contributed by atoms with Crippen LogP contribution in [-0.2, 0) is 19.4 Å². The Hall–Kier alpha value is -4.76. The van der Waals surface area contributed by atoms with Gasteiger partial charge in [-0.05, 0) is 78.9 Å². The highest BCUT2D eigenvalue weighted by Crippen LogP contribution is 2.40. The molecule has 0 aliphatic rings. The molecule has 0 N–H and O–H groups in total. The van der Waals surface area contributed by atoms with Gasteiger partial charge in [0.05, 0.1) is 23.3 Å². The maximum absolute atomic E-state index is 4.46. The molecule has 0 amide bonds. The highest BCUT2D eigenvalue weighted by atomic mass is 15.0. The van der Waals surface area contributed by atoms with Gasteiger partial charge in [0.2, 0.25) is 0 Å². The first-order valence-electron chi connectivity index (χ1n) is 12.9. The number of fused-ring (bicyclic) bond motifs is 3. The number of aryl methyl sites for hydroxylation is 2. The van der Waals surface area contributed by atoms with E-state index in [2.05, 4.69) is 143 Å². The molecule has 0 radical (unpaired) electrons. The maximum Gasteiger partial charge on any atom is 0.0675 e. The predicted octanol–water partition coefficient (Wildman–Crippen LogP) is 8.77. The zero-order valence-corrected chi connectivity index (χ0v) is 21.3. The van der Waals surface area contributed by atoms with Crippen LogP contribution in [0.3, 0.4) is 0 Å². The Morgan fingerprint density at radius 1 is 0.605 bits per heavy atom. The van der Waals surface area contributed by atoms with Crippen molar-refractivity contribution in [2.75, 3.05) is 0 Å². The molecule has 3 nitrogen and oxygen atoms in total. The largest absolute Gasteiger partial charge is 0.309 e. The number of hydrogen-bond acceptors (Lipinski definition) is 2. The second kappa shape index (κ2) is 10.3. The zero-order valence-electron chi connectivity index (χ0n) is 21.3. The molecule has 1 heterocycles. The number of benzene rings is 5. The SMILES string of the molecule is C=NCc1ccc(-n2c3ccc(-c4ccccc4)cc3c3ccc(N=C)c(CCc4ccccc4)c32)cc1. The molecule has 0 bridgehead atoms. The molecule has 5 aromatic carbocycles.